The lowest BCUT2D eigenvalue weighted by Crippen LogP contribution is -2.25. The van der Waals surface area contributed by atoms with Crippen LogP contribution in [0.3, 0.4) is 0 Å². The molecule has 2 nitrogen and oxygen atoms in total. The summed E-state index contributed by atoms with van der Waals surface area (Å²) in [6.07, 6.45) is 3.59. The number of nitrogens with one attached hydrogen (secondary N) is 1. The average molecular weight is 157 g/mol. The van der Waals surface area contributed by atoms with Gasteiger partial charge in [-0.1, -0.05) is 6.92 Å². The molecule has 0 aromatic rings. The SMILES string of the molecule is CNCC(O)CC(C)C1CC1. The third kappa shape index (κ3) is 3.21. The largest absolute Gasteiger partial charge is 0.392 e. The summed E-state index contributed by atoms with van der Waals surface area (Å²) in [6, 6.07) is 0. The Morgan fingerprint density at radius 3 is 2.64 bits per heavy atom. The van der Waals surface area contributed by atoms with E-state index in [1.807, 2.05) is 7.05 Å². The molecule has 2 heteroatoms. The van der Waals surface area contributed by atoms with Crippen molar-refractivity contribution in [2.24, 2.45) is 11.8 Å². The molecule has 1 rings (SSSR count). The van der Waals surface area contributed by atoms with Crippen LogP contribution in [0, 0.1) is 11.8 Å². The summed E-state index contributed by atoms with van der Waals surface area (Å²) >= 11 is 0. The van der Waals surface area contributed by atoms with Crippen LogP contribution in [0.25, 0.3) is 0 Å². The van der Waals surface area contributed by atoms with Gasteiger partial charge in [-0.25, -0.2) is 0 Å². The molecule has 0 aromatic heterocycles. The molecule has 0 radical (unpaired) electrons. The molecule has 0 aliphatic heterocycles. The fourth-order valence-electron chi connectivity index (χ4n) is 1.61. The summed E-state index contributed by atoms with van der Waals surface area (Å²) in [5.74, 6) is 1.64. The van der Waals surface area contributed by atoms with E-state index in [2.05, 4.69) is 12.2 Å². The molecule has 0 amide bonds. The first-order chi connectivity index (χ1) is 5.24. The minimum atomic E-state index is -0.143. The Labute approximate surface area is 69.0 Å². The Morgan fingerprint density at radius 1 is 1.55 bits per heavy atom. The molecule has 0 spiro atoms. The quantitative estimate of drug-likeness (QED) is 0.624. The fraction of sp³-hybridized carbons (Fsp3) is 1.00. The lowest BCUT2D eigenvalue weighted by Gasteiger charge is -2.14. The van der Waals surface area contributed by atoms with Crippen molar-refractivity contribution in [2.45, 2.75) is 32.3 Å². The highest BCUT2D eigenvalue weighted by Gasteiger charge is 2.28. The zero-order chi connectivity index (χ0) is 8.27. The van der Waals surface area contributed by atoms with E-state index in [1.165, 1.54) is 12.8 Å². The van der Waals surface area contributed by atoms with E-state index < -0.39 is 0 Å². The van der Waals surface area contributed by atoms with E-state index in [1.54, 1.807) is 0 Å². The third-order valence-electron chi connectivity index (χ3n) is 2.51. The van der Waals surface area contributed by atoms with Gasteiger partial charge in [-0.2, -0.15) is 0 Å². The normalized spacial score (nSPS) is 23.2. The minimum Gasteiger partial charge on any atom is -0.392 e. The molecule has 2 N–H and O–H groups in total. The topological polar surface area (TPSA) is 32.3 Å². The molecule has 2 unspecified atom stereocenters. The van der Waals surface area contributed by atoms with Gasteiger partial charge < -0.3 is 10.4 Å². The first-order valence-electron chi connectivity index (χ1n) is 4.56. The molecule has 1 fully saturated rings. The highest BCUT2D eigenvalue weighted by Crippen LogP contribution is 2.38. The van der Waals surface area contributed by atoms with Gasteiger partial charge in [-0.15, -0.1) is 0 Å². The zero-order valence-corrected chi connectivity index (χ0v) is 7.51. The monoisotopic (exact) mass is 157 g/mol. The number of aliphatic hydroxyl groups excluding tert-OH is 1. The van der Waals surface area contributed by atoms with E-state index in [0.717, 1.165) is 24.8 Å². The van der Waals surface area contributed by atoms with Crippen LogP contribution in [0.5, 0.6) is 0 Å². The van der Waals surface area contributed by atoms with Gasteiger partial charge in [0.25, 0.3) is 0 Å². The Bertz CT molecular complexity index is 112. The smallest absolute Gasteiger partial charge is 0.0667 e. The number of aliphatic hydroxyl groups is 1. The van der Waals surface area contributed by atoms with E-state index in [9.17, 15) is 5.11 Å². The summed E-state index contributed by atoms with van der Waals surface area (Å²) in [7, 11) is 1.88. The van der Waals surface area contributed by atoms with E-state index in [0.29, 0.717) is 0 Å². The summed E-state index contributed by atoms with van der Waals surface area (Å²) in [6.45, 7) is 2.98. The van der Waals surface area contributed by atoms with Crippen LogP contribution in [-0.4, -0.2) is 24.8 Å². The minimum absolute atomic E-state index is 0.143. The highest BCUT2D eigenvalue weighted by molar-refractivity contribution is 4.80. The summed E-state index contributed by atoms with van der Waals surface area (Å²) < 4.78 is 0. The van der Waals surface area contributed by atoms with Gasteiger partial charge in [0.2, 0.25) is 0 Å². The molecule has 2 atom stereocenters. The van der Waals surface area contributed by atoms with Crippen molar-refractivity contribution in [3.8, 4) is 0 Å². The average Bonchev–Trinajstić information content (AvgIpc) is 2.67. The summed E-state index contributed by atoms with van der Waals surface area (Å²) in [5.41, 5.74) is 0. The lowest BCUT2D eigenvalue weighted by atomic mass is 9.99. The predicted octanol–water partition coefficient (Wildman–Crippen LogP) is 1.00. The lowest BCUT2D eigenvalue weighted by molar-refractivity contribution is 0.141. The van der Waals surface area contributed by atoms with Crippen molar-refractivity contribution >= 4 is 0 Å². The number of likely N-dealkylation sites (N-methyl/N-ethyl adjacent to an activating group) is 1. The van der Waals surface area contributed by atoms with Crippen LogP contribution in [0.15, 0.2) is 0 Å². The Morgan fingerprint density at radius 2 is 2.18 bits per heavy atom. The Hall–Kier alpha value is -0.0800. The number of hydrogen-bond donors (Lipinski definition) is 2. The van der Waals surface area contributed by atoms with Gasteiger partial charge in [0, 0.05) is 6.54 Å². The van der Waals surface area contributed by atoms with Gasteiger partial charge in [-0.3, -0.25) is 0 Å². The van der Waals surface area contributed by atoms with Crippen LogP contribution in [0.1, 0.15) is 26.2 Å². The summed E-state index contributed by atoms with van der Waals surface area (Å²) in [4.78, 5) is 0. The molecule has 1 saturated carbocycles. The molecule has 0 aromatic carbocycles. The van der Waals surface area contributed by atoms with Crippen LogP contribution in [0.2, 0.25) is 0 Å². The Kier molecular flexibility index (Phi) is 3.34. The second kappa shape index (κ2) is 4.07. The Balaban J connectivity index is 2.07. The van der Waals surface area contributed by atoms with Crippen molar-refractivity contribution in [2.75, 3.05) is 13.6 Å². The van der Waals surface area contributed by atoms with Gasteiger partial charge in [-0.05, 0) is 38.1 Å². The van der Waals surface area contributed by atoms with Gasteiger partial charge in [0.15, 0.2) is 0 Å². The molecule has 1 aliphatic rings. The second-order valence-electron chi connectivity index (χ2n) is 3.76. The molecular weight excluding hydrogens is 138 g/mol. The third-order valence-corrected chi connectivity index (χ3v) is 2.51. The van der Waals surface area contributed by atoms with Gasteiger partial charge in [0.05, 0.1) is 6.10 Å². The van der Waals surface area contributed by atoms with Crippen molar-refractivity contribution < 1.29 is 5.11 Å². The molecule has 0 saturated heterocycles. The first kappa shape index (κ1) is 9.01. The molecule has 66 valence electrons. The maximum atomic E-state index is 9.43. The van der Waals surface area contributed by atoms with Gasteiger partial charge >= 0.3 is 0 Å². The second-order valence-corrected chi connectivity index (χ2v) is 3.76. The number of rotatable bonds is 5. The molecule has 0 bridgehead atoms. The van der Waals surface area contributed by atoms with Crippen molar-refractivity contribution in [1.29, 1.82) is 0 Å². The zero-order valence-electron chi connectivity index (χ0n) is 7.51. The van der Waals surface area contributed by atoms with Crippen molar-refractivity contribution in [3.05, 3.63) is 0 Å². The first-order valence-corrected chi connectivity index (χ1v) is 4.56. The maximum Gasteiger partial charge on any atom is 0.0667 e. The predicted molar refractivity (Wildman–Crippen MR) is 46.4 cm³/mol. The molecular formula is C9H19NO. The van der Waals surface area contributed by atoms with Gasteiger partial charge in [0.1, 0.15) is 0 Å². The summed E-state index contributed by atoms with van der Waals surface area (Å²) in [5, 5.41) is 12.4. The van der Waals surface area contributed by atoms with E-state index >= 15 is 0 Å². The van der Waals surface area contributed by atoms with Crippen LogP contribution in [0.4, 0.5) is 0 Å². The van der Waals surface area contributed by atoms with E-state index in [4.69, 9.17) is 0 Å². The molecule has 11 heavy (non-hydrogen) atoms. The van der Waals surface area contributed by atoms with E-state index in [-0.39, 0.29) is 6.10 Å². The van der Waals surface area contributed by atoms with Crippen LogP contribution < -0.4 is 5.32 Å². The van der Waals surface area contributed by atoms with Crippen LogP contribution >= 0.6 is 0 Å². The molecule has 1 aliphatic carbocycles. The fourth-order valence-corrected chi connectivity index (χ4v) is 1.61. The van der Waals surface area contributed by atoms with Crippen molar-refractivity contribution in [3.63, 3.8) is 0 Å². The highest BCUT2D eigenvalue weighted by atomic mass is 16.3. The van der Waals surface area contributed by atoms with Crippen LogP contribution in [-0.2, 0) is 0 Å². The standard InChI is InChI=1S/C9H19NO/c1-7(8-3-4-8)5-9(11)6-10-2/h7-11H,3-6H2,1-2H3. The number of hydrogen-bond acceptors (Lipinski definition) is 2. The van der Waals surface area contributed by atoms with Crippen molar-refractivity contribution in [1.82, 2.24) is 5.32 Å². The molecule has 0 heterocycles. The maximum absolute atomic E-state index is 9.43.